The summed E-state index contributed by atoms with van der Waals surface area (Å²) in [6.45, 7) is 6.74. The molecule has 0 radical (unpaired) electrons. The van der Waals surface area contributed by atoms with E-state index >= 15 is 0 Å². The Morgan fingerprint density at radius 3 is 2.95 bits per heavy atom. The number of hydrogen-bond acceptors (Lipinski definition) is 5. The molecule has 2 unspecified atom stereocenters. The third-order valence-corrected chi connectivity index (χ3v) is 3.61. The number of amides is 1. The topological polar surface area (TPSA) is 71.5 Å². The molecule has 19 heavy (non-hydrogen) atoms. The van der Waals surface area contributed by atoms with Crippen molar-refractivity contribution in [3.8, 4) is 0 Å². The Kier molecular flexibility index (Phi) is 6.97. The van der Waals surface area contributed by atoms with Gasteiger partial charge in [0.1, 0.15) is 11.1 Å². The van der Waals surface area contributed by atoms with Gasteiger partial charge in [-0.3, -0.25) is 4.79 Å². The third kappa shape index (κ3) is 6.13. The number of aliphatic hydroxyl groups excluding tert-OH is 1. The van der Waals surface area contributed by atoms with E-state index in [0.29, 0.717) is 19.6 Å². The monoisotopic (exact) mass is 286 g/mol. The quantitative estimate of drug-likeness (QED) is 0.762. The molecule has 1 rings (SSSR count). The van der Waals surface area contributed by atoms with Gasteiger partial charge in [-0.25, -0.2) is 4.98 Å². The fraction of sp³-hybridized carbons (Fsp3) is 0.692. The zero-order chi connectivity index (χ0) is 14.3. The molecule has 1 amide bonds. The lowest BCUT2D eigenvalue weighted by Crippen LogP contribution is -2.28. The number of hydrogen-bond donors (Lipinski definition) is 2. The molecular formula is C13H22N2O3S. The van der Waals surface area contributed by atoms with Crippen molar-refractivity contribution < 1.29 is 14.6 Å². The molecule has 0 spiro atoms. The molecule has 0 saturated carbocycles. The van der Waals surface area contributed by atoms with Gasteiger partial charge in [-0.15, -0.1) is 11.3 Å². The molecular weight excluding hydrogens is 264 g/mol. The summed E-state index contributed by atoms with van der Waals surface area (Å²) in [6, 6.07) is 0. The van der Waals surface area contributed by atoms with Crippen molar-refractivity contribution in [1.29, 1.82) is 0 Å². The number of rotatable bonds is 8. The maximum atomic E-state index is 11.6. The average Bonchev–Trinajstić information content (AvgIpc) is 2.77. The number of nitrogens with zero attached hydrogens (tertiary/aromatic N) is 1. The molecule has 0 aliphatic rings. The van der Waals surface area contributed by atoms with Gasteiger partial charge in [-0.2, -0.15) is 0 Å². The first-order valence-electron chi connectivity index (χ1n) is 6.53. The molecule has 1 aromatic rings. The Bertz CT molecular complexity index is 393. The van der Waals surface area contributed by atoms with E-state index in [0.717, 1.165) is 10.7 Å². The van der Waals surface area contributed by atoms with Crippen molar-refractivity contribution in [1.82, 2.24) is 10.3 Å². The van der Waals surface area contributed by atoms with Gasteiger partial charge in [-0.05, 0) is 27.2 Å². The van der Waals surface area contributed by atoms with Crippen molar-refractivity contribution in [2.75, 3.05) is 13.2 Å². The smallest absolute Gasteiger partial charge is 0.226 e. The number of ether oxygens (including phenoxy) is 1. The Morgan fingerprint density at radius 1 is 1.58 bits per heavy atom. The van der Waals surface area contributed by atoms with Crippen LogP contribution in [0, 0.1) is 0 Å². The van der Waals surface area contributed by atoms with E-state index in [4.69, 9.17) is 9.84 Å². The van der Waals surface area contributed by atoms with Crippen LogP contribution in [-0.4, -0.2) is 35.3 Å². The summed E-state index contributed by atoms with van der Waals surface area (Å²) >= 11 is 1.51. The SMILES string of the molecule is CCOC(C)c1nc(CC(=O)NCCC(C)O)cs1. The zero-order valence-corrected chi connectivity index (χ0v) is 12.5. The maximum Gasteiger partial charge on any atom is 0.226 e. The van der Waals surface area contributed by atoms with Crippen molar-refractivity contribution in [2.24, 2.45) is 0 Å². The maximum absolute atomic E-state index is 11.6. The summed E-state index contributed by atoms with van der Waals surface area (Å²) in [4.78, 5) is 16.0. The van der Waals surface area contributed by atoms with Gasteiger partial charge in [0, 0.05) is 18.5 Å². The number of carbonyl (C=O) groups is 1. The molecule has 0 fully saturated rings. The highest BCUT2D eigenvalue weighted by Gasteiger charge is 2.12. The second-order valence-corrected chi connectivity index (χ2v) is 5.33. The largest absolute Gasteiger partial charge is 0.393 e. The lowest BCUT2D eigenvalue weighted by Gasteiger charge is -2.07. The zero-order valence-electron chi connectivity index (χ0n) is 11.7. The molecule has 0 aliphatic heterocycles. The van der Waals surface area contributed by atoms with E-state index in [9.17, 15) is 4.79 Å². The van der Waals surface area contributed by atoms with Crippen molar-refractivity contribution in [3.63, 3.8) is 0 Å². The van der Waals surface area contributed by atoms with Crippen LogP contribution in [0.15, 0.2) is 5.38 Å². The minimum absolute atomic E-state index is 0.0259. The summed E-state index contributed by atoms with van der Waals surface area (Å²) in [5.74, 6) is -0.0680. The Balaban J connectivity index is 2.38. The molecule has 0 bridgehead atoms. The second kappa shape index (κ2) is 8.24. The van der Waals surface area contributed by atoms with Crippen LogP contribution in [-0.2, 0) is 16.0 Å². The number of nitrogens with one attached hydrogen (secondary N) is 1. The van der Waals surface area contributed by atoms with Crippen LogP contribution in [0.3, 0.4) is 0 Å². The normalized spacial score (nSPS) is 14.1. The number of aliphatic hydroxyl groups is 1. The van der Waals surface area contributed by atoms with Gasteiger partial charge in [-0.1, -0.05) is 0 Å². The summed E-state index contributed by atoms with van der Waals surface area (Å²) in [7, 11) is 0. The van der Waals surface area contributed by atoms with E-state index in [-0.39, 0.29) is 18.4 Å². The first-order valence-corrected chi connectivity index (χ1v) is 7.41. The predicted octanol–water partition coefficient (Wildman–Crippen LogP) is 1.67. The summed E-state index contributed by atoms with van der Waals surface area (Å²) in [5.41, 5.74) is 0.765. The molecule has 0 saturated heterocycles. The molecule has 108 valence electrons. The van der Waals surface area contributed by atoms with Crippen LogP contribution in [0.5, 0.6) is 0 Å². The van der Waals surface area contributed by atoms with Gasteiger partial charge in [0.25, 0.3) is 0 Å². The first-order chi connectivity index (χ1) is 9.02. The summed E-state index contributed by atoms with van der Waals surface area (Å²) < 4.78 is 5.46. The fourth-order valence-electron chi connectivity index (χ4n) is 1.56. The third-order valence-electron chi connectivity index (χ3n) is 2.56. The molecule has 0 aliphatic carbocycles. The summed E-state index contributed by atoms with van der Waals surface area (Å²) in [6.07, 6.45) is 0.421. The van der Waals surface area contributed by atoms with Crippen LogP contribution in [0.4, 0.5) is 0 Å². The highest BCUT2D eigenvalue weighted by Crippen LogP contribution is 2.21. The Morgan fingerprint density at radius 2 is 2.32 bits per heavy atom. The van der Waals surface area contributed by atoms with Gasteiger partial charge in [0.2, 0.25) is 5.91 Å². The average molecular weight is 286 g/mol. The second-order valence-electron chi connectivity index (χ2n) is 4.44. The molecule has 1 heterocycles. The van der Waals surface area contributed by atoms with Gasteiger partial charge < -0.3 is 15.2 Å². The first kappa shape index (κ1) is 16.1. The highest BCUT2D eigenvalue weighted by molar-refractivity contribution is 7.09. The highest BCUT2D eigenvalue weighted by atomic mass is 32.1. The van der Waals surface area contributed by atoms with Crippen LogP contribution < -0.4 is 5.32 Å². The van der Waals surface area contributed by atoms with Gasteiger partial charge >= 0.3 is 0 Å². The van der Waals surface area contributed by atoms with E-state index < -0.39 is 6.10 Å². The van der Waals surface area contributed by atoms with Crippen LogP contribution >= 0.6 is 11.3 Å². The van der Waals surface area contributed by atoms with Crippen LogP contribution in [0.1, 0.15) is 44.0 Å². The Labute approximate surface area is 118 Å². The molecule has 0 aromatic carbocycles. The van der Waals surface area contributed by atoms with Gasteiger partial charge in [0.05, 0.1) is 18.2 Å². The fourth-order valence-corrected chi connectivity index (χ4v) is 2.38. The molecule has 2 N–H and O–H groups in total. The van der Waals surface area contributed by atoms with Crippen molar-refractivity contribution in [2.45, 2.75) is 45.8 Å². The predicted molar refractivity (Wildman–Crippen MR) is 75.2 cm³/mol. The minimum Gasteiger partial charge on any atom is -0.393 e. The van der Waals surface area contributed by atoms with E-state index in [1.54, 1.807) is 6.92 Å². The molecule has 2 atom stereocenters. The number of aromatic nitrogens is 1. The lowest BCUT2D eigenvalue weighted by molar-refractivity contribution is -0.120. The van der Waals surface area contributed by atoms with Crippen molar-refractivity contribution >= 4 is 17.2 Å². The van der Waals surface area contributed by atoms with Gasteiger partial charge in [0.15, 0.2) is 0 Å². The lowest BCUT2D eigenvalue weighted by atomic mass is 10.2. The number of carbonyl (C=O) groups excluding carboxylic acids is 1. The molecule has 5 nitrogen and oxygen atoms in total. The molecule has 1 aromatic heterocycles. The number of thiazole rings is 1. The standard InChI is InChI=1S/C13H22N2O3S/c1-4-18-10(3)13-15-11(8-19-13)7-12(17)14-6-5-9(2)16/h8-10,16H,4-7H2,1-3H3,(H,14,17). The minimum atomic E-state index is -0.391. The van der Waals surface area contributed by atoms with E-state index in [2.05, 4.69) is 10.3 Å². The molecule has 6 heteroatoms. The Hall–Kier alpha value is -0.980. The van der Waals surface area contributed by atoms with E-state index in [1.165, 1.54) is 11.3 Å². The van der Waals surface area contributed by atoms with Crippen LogP contribution in [0.2, 0.25) is 0 Å². The van der Waals surface area contributed by atoms with Crippen LogP contribution in [0.25, 0.3) is 0 Å². The van der Waals surface area contributed by atoms with E-state index in [1.807, 2.05) is 19.2 Å². The summed E-state index contributed by atoms with van der Waals surface area (Å²) in [5, 5.41) is 14.6. The van der Waals surface area contributed by atoms with Crippen molar-refractivity contribution in [3.05, 3.63) is 16.1 Å².